The maximum Gasteiger partial charge on any atom is 0.407 e. The summed E-state index contributed by atoms with van der Waals surface area (Å²) in [5, 5.41) is 28.7. The van der Waals surface area contributed by atoms with Gasteiger partial charge in [-0.05, 0) is 79.3 Å². The third-order valence-electron chi connectivity index (χ3n) is 10.2. The predicted molar refractivity (Wildman–Crippen MR) is 190 cm³/mol. The fourth-order valence-corrected chi connectivity index (χ4v) is 7.38. The number of nitrogens with one attached hydrogen (secondary N) is 2. The molecule has 2 amide bonds. The Labute approximate surface area is 295 Å². The predicted octanol–water partition coefficient (Wildman–Crippen LogP) is 4.36. The summed E-state index contributed by atoms with van der Waals surface area (Å²) in [6.07, 6.45) is 2.59. The summed E-state index contributed by atoms with van der Waals surface area (Å²) in [7, 11) is 0. The van der Waals surface area contributed by atoms with Crippen molar-refractivity contribution in [2.75, 3.05) is 39.5 Å². The number of benzene rings is 3. The molecule has 6 rings (SSSR count). The Morgan fingerprint density at radius 3 is 2.36 bits per heavy atom. The first-order valence-electron chi connectivity index (χ1n) is 18.2. The SMILES string of the molecule is O=C(NC(Cc1ccccc1)C(O)CC(Cc1ccc(OCCN2CCOCC2)cc1)C(=O)NC1c2ccccc2CC1O)OC1CCCC1. The lowest BCUT2D eigenvalue weighted by molar-refractivity contribution is -0.127. The zero-order chi connectivity index (χ0) is 34.7. The molecule has 5 atom stereocenters. The van der Waals surface area contributed by atoms with Crippen LogP contribution in [0.3, 0.4) is 0 Å². The minimum Gasteiger partial charge on any atom is -0.492 e. The molecule has 3 aromatic rings. The Bertz CT molecular complexity index is 1510. The summed E-state index contributed by atoms with van der Waals surface area (Å²) in [6.45, 7) is 4.71. The number of rotatable bonds is 15. The number of hydrogen-bond acceptors (Lipinski definition) is 8. The van der Waals surface area contributed by atoms with Crippen molar-refractivity contribution in [3.05, 3.63) is 101 Å². The number of carbonyl (C=O) groups excluding carboxylic acids is 2. The Hall–Kier alpha value is -3.96. The van der Waals surface area contributed by atoms with E-state index in [1.165, 1.54) is 0 Å². The summed E-state index contributed by atoms with van der Waals surface area (Å²) in [6, 6.07) is 23.9. The number of ether oxygens (including phenoxy) is 3. The number of nitrogens with zero attached hydrogens (tertiary/aromatic N) is 1. The van der Waals surface area contributed by atoms with Crippen molar-refractivity contribution in [1.29, 1.82) is 0 Å². The average molecular weight is 686 g/mol. The third kappa shape index (κ3) is 10.1. The van der Waals surface area contributed by atoms with Crippen LogP contribution >= 0.6 is 0 Å². The van der Waals surface area contributed by atoms with Gasteiger partial charge in [-0.3, -0.25) is 9.69 Å². The van der Waals surface area contributed by atoms with Gasteiger partial charge in [0.25, 0.3) is 0 Å². The number of aliphatic hydroxyl groups excluding tert-OH is 2. The van der Waals surface area contributed by atoms with Gasteiger partial charge in [-0.25, -0.2) is 4.79 Å². The molecule has 0 radical (unpaired) electrons. The number of amides is 2. The smallest absolute Gasteiger partial charge is 0.407 e. The quantitative estimate of drug-likeness (QED) is 0.186. The summed E-state index contributed by atoms with van der Waals surface area (Å²) in [5.74, 6) is -0.159. The van der Waals surface area contributed by atoms with Crippen LogP contribution in [0.5, 0.6) is 5.75 Å². The number of aliphatic hydroxyl groups is 2. The molecule has 0 bridgehead atoms. The highest BCUT2D eigenvalue weighted by atomic mass is 16.6. The van der Waals surface area contributed by atoms with E-state index in [-0.39, 0.29) is 18.4 Å². The van der Waals surface area contributed by atoms with Crippen molar-refractivity contribution in [2.24, 2.45) is 5.92 Å². The lowest BCUT2D eigenvalue weighted by Crippen LogP contribution is -2.48. The maximum absolute atomic E-state index is 14.1. The Kier molecular flexibility index (Phi) is 12.8. The first-order chi connectivity index (χ1) is 24.4. The van der Waals surface area contributed by atoms with Gasteiger partial charge in [-0.15, -0.1) is 0 Å². The van der Waals surface area contributed by atoms with E-state index in [2.05, 4.69) is 15.5 Å². The molecule has 1 saturated carbocycles. The monoisotopic (exact) mass is 685 g/mol. The number of hydrogen-bond donors (Lipinski definition) is 4. The molecule has 2 fully saturated rings. The van der Waals surface area contributed by atoms with Crippen LogP contribution in [-0.4, -0.2) is 90.9 Å². The molecular formula is C40H51N3O7. The number of carbonyl (C=O) groups is 2. The van der Waals surface area contributed by atoms with Gasteiger partial charge in [0.2, 0.25) is 5.91 Å². The van der Waals surface area contributed by atoms with Gasteiger partial charge in [-0.2, -0.15) is 0 Å². The molecule has 5 unspecified atom stereocenters. The lowest BCUT2D eigenvalue weighted by atomic mass is 9.88. The highest BCUT2D eigenvalue weighted by Crippen LogP contribution is 2.32. The Morgan fingerprint density at radius 1 is 0.900 bits per heavy atom. The van der Waals surface area contributed by atoms with Gasteiger partial charge < -0.3 is 35.1 Å². The first kappa shape index (κ1) is 35.9. The average Bonchev–Trinajstić information content (AvgIpc) is 3.76. The maximum atomic E-state index is 14.1. The van der Waals surface area contributed by atoms with E-state index in [9.17, 15) is 19.8 Å². The number of morpholine rings is 1. The molecule has 3 aliphatic rings. The van der Waals surface area contributed by atoms with Crippen molar-refractivity contribution >= 4 is 12.0 Å². The van der Waals surface area contributed by atoms with Gasteiger partial charge in [0, 0.05) is 32.0 Å². The normalized spacial score (nSPS) is 21.2. The summed E-state index contributed by atoms with van der Waals surface area (Å²) in [4.78, 5) is 29.4. The zero-order valence-corrected chi connectivity index (χ0v) is 28.8. The Morgan fingerprint density at radius 2 is 1.60 bits per heavy atom. The second-order valence-corrected chi connectivity index (χ2v) is 13.9. The highest BCUT2D eigenvalue weighted by Gasteiger charge is 2.35. The van der Waals surface area contributed by atoms with Crippen LogP contribution < -0.4 is 15.4 Å². The van der Waals surface area contributed by atoms with Crippen molar-refractivity contribution in [1.82, 2.24) is 15.5 Å². The highest BCUT2D eigenvalue weighted by molar-refractivity contribution is 5.80. The van der Waals surface area contributed by atoms with E-state index in [4.69, 9.17) is 14.2 Å². The summed E-state index contributed by atoms with van der Waals surface area (Å²) < 4.78 is 17.1. The zero-order valence-electron chi connectivity index (χ0n) is 28.8. The van der Waals surface area contributed by atoms with Crippen LogP contribution in [0.1, 0.15) is 60.4 Å². The molecular weight excluding hydrogens is 634 g/mol. The van der Waals surface area contributed by atoms with E-state index in [0.717, 1.165) is 86.5 Å². The molecule has 50 heavy (non-hydrogen) atoms. The van der Waals surface area contributed by atoms with Crippen LogP contribution in [0, 0.1) is 5.92 Å². The topological polar surface area (TPSA) is 130 Å². The van der Waals surface area contributed by atoms with Gasteiger partial charge in [-0.1, -0.05) is 66.7 Å². The van der Waals surface area contributed by atoms with Crippen LogP contribution in [0.25, 0.3) is 0 Å². The fraction of sp³-hybridized carbons (Fsp3) is 0.500. The van der Waals surface area contributed by atoms with Gasteiger partial charge in [0.05, 0.1) is 37.5 Å². The molecule has 3 aromatic carbocycles. The van der Waals surface area contributed by atoms with Gasteiger partial charge in [0.15, 0.2) is 0 Å². The van der Waals surface area contributed by atoms with Gasteiger partial charge >= 0.3 is 6.09 Å². The standard InChI is InChI=1S/C40H51N3O7/c44-36(35(25-28-8-2-1-3-9-28)41-40(47)50-33-11-5-6-12-33)27-31(39(46)42-38-34-13-7-4-10-30(34)26-37(38)45)24-29-14-16-32(17-15-29)49-23-20-43-18-21-48-22-19-43/h1-4,7-10,13-17,31,33,35-38,44-45H,5-6,11-12,18-27H2,(H,41,47)(H,42,46). The van der Waals surface area contributed by atoms with Crippen LogP contribution in [0.4, 0.5) is 4.79 Å². The van der Waals surface area contributed by atoms with Crippen LogP contribution in [0.15, 0.2) is 78.9 Å². The van der Waals surface area contributed by atoms with Crippen LogP contribution in [0.2, 0.25) is 0 Å². The molecule has 2 aliphatic carbocycles. The first-order valence-corrected chi connectivity index (χ1v) is 18.2. The number of alkyl carbamates (subject to hydrolysis) is 1. The number of fused-ring (bicyclic) bond motifs is 1. The van der Waals surface area contributed by atoms with E-state index in [1.807, 2.05) is 78.9 Å². The Balaban J connectivity index is 1.16. The molecule has 1 saturated heterocycles. The third-order valence-corrected chi connectivity index (χ3v) is 10.2. The summed E-state index contributed by atoms with van der Waals surface area (Å²) in [5.41, 5.74) is 3.79. The minimum atomic E-state index is -1.05. The largest absolute Gasteiger partial charge is 0.492 e. The molecule has 1 heterocycles. The van der Waals surface area contributed by atoms with E-state index < -0.39 is 36.3 Å². The van der Waals surface area contributed by atoms with Gasteiger partial charge in [0.1, 0.15) is 18.5 Å². The molecule has 4 N–H and O–H groups in total. The molecule has 268 valence electrons. The van der Waals surface area contributed by atoms with Crippen molar-refractivity contribution in [2.45, 2.75) is 81.8 Å². The second kappa shape index (κ2) is 17.8. The summed E-state index contributed by atoms with van der Waals surface area (Å²) >= 11 is 0. The molecule has 0 spiro atoms. The molecule has 10 nitrogen and oxygen atoms in total. The second-order valence-electron chi connectivity index (χ2n) is 13.9. The van der Waals surface area contributed by atoms with E-state index in [0.29, 0.717) is 25.9 Å². The van der Waals surface area contributed by atoms with E-state index in [1.54, 1.807) is 0 Å². The lowest BCUT2D eigenvalue weighted by Gasteiger charge is -2.29. The van der Waals surface area contributed by atoms with Crippen molar-refractivity contribution in [3.63, 3.8) is 0 Å². The minimum absolute atomic E-state index is 0.0926. The molecule has 1 aliphatic heterocycles. The molecule has 0 aromatic heterocycles. The van der Waals surface area contributed by atoms with Crippen molar-refractivity contribution < 1.29 is 34.0 Å². The molecule has 10 heteroatoms. The van der Waals surface area contributed by atoms with Crippen molar-refractivity contribution in [3.8, 4) is 5.75 Å². The fourth-order valence-electron chi connectivity index (χ4n) is 7.38. The van der Waals surface area contributed by atoms with E-state index >= 15 is 0 Å². The van der Waals surface area contributed by atoms with Crippen LogP contribution in [-0.2, 0) is 33.5 Å².